The number of hydrogen-bond donors (Lipinski definition) is 1. The second-order valence-electron chi connectivity index (χ2n) is 6.77. The van der Waals surface area contributed by atoms with Crippen LogP contribution in [0.4, 0.5) is 10.1 Å². The van der Waals surface area contributed by atoms with Crippen LogP contribution in [0.3, 0.4) is 0 Å². The van der Waals surface area contributed by atoms with Gasteiger partial charge < -0.3 is 14.6 Å². The molecule has 0 fully saturated rings. The van der Waals surface area contributed by atoms with Crippen LogP contribution in [0.1, 0.15) is 17.7 Å². The SMILES string of the molecule is COc1ccc(-c2cc(C)no2)cc1S(=O)(=O)CCC(=O)Nc1ccc(F)cc1C. The third-order valence-electron chi connectivity index (χ3n) is 4.47. The van der Waals surface area contributed by atoms with Gasteiger partial charge in [-0.05, 0) is 55.8 Å². The molecule has 1 N–H and O–H groups in total. The lowest BCUT2D eigenvalue weighted by Crippen LogP contribution is -2.18. The minimum atomic E-state index is -3.84. The number of nitrogens with zero attached hydrogens (tertiary/aromatic N) is 1. The van der Waals surface area contributed by atoms with E-state index in [9.17, 15) is 17.6 Å². The maximum absolute atomic E-state index is 13.2. The zero-order valence-electron chi connectivity index (χ0n) is 16.7. The number of amides is 1. The molecule has 3 rings (SSSR count). The Kier molecular flexibility index (Phi) is 6.21. The highest BCUT2D eigenvalue weighted by atomic mass is 32.2. The van der Waals surface area contributed by atoms with E-state index in [0.29, 0.717) is 28.3 Å². The van der Waals surface area contributed by atoms with Gasteiger partial charge in [-0.3, -0.25) is 4.79 Å². The van der Waals surface area contributed by atoms with Crippen LogP contribution in [0.25, 0.3) is 11.3 Å². The summed E-state index contributed by atoms with van der Waals surface area (Å²) in [4.78, 5) is 12.2. The molecule has 1 amide bonds. The Labute approximate surface area is 173 Å². The third kappa shape index (κ3) is 4.85. The molecule has 0 saturated heterocycles. The van der Waals surface area contributed by atoms with E-state index in [4.69, 9.17) is 9.26 Å². The zero-order chi connectivity index (χ0) is 21.9. The van der Waals surface area contributed by atoms with Crippen LogP contribution in [-0.4, -0.2) is 32.3 Å². The number of nitrogens with one attached hydrogen (secondary N) is 1. The first-order valence-electron chi connectivity index (χ1n) is 9.10. The minimum Gasteiger partial charge on any atom is -0.495 e. The van der Waals surface area contributed by atoms with Crippen molar-refractivity contribution in [2.24, 2.45) is 0 Å². The smallest absolute Gasteiger partial charge is 0.225 e. The molecule has 1 heterocycles. The van der Waals surface area contributed by atoms with E-state index >= 15 is 0 Å². The third-order valence-corrected chi connectivity index (χ3v) is 6.20. The highest BCUT2D eigenvalue weighted by Crippen LogP contribution is 2.31. The van der Waals surface area contributed by atoms with Crippen molar-refractivity contribution in [2.45, 2.75) is 25.2 Å². The fraction of sp³-hybridized carbons (Fsp3) is 0.238. The number of carbonyl (C=O) groups excluding carboxylic acids is 1. The molecule has 1 aromatic heterocycles. The Morgan fingerprint density at radius 3 is 2.57 bits per heavy atom. The number of hydrogen-bond acceptors (Lipinski definition) is 6. The van der Waals surface area contributed by atoms with Gasteiger partial charge in [-0.25, -0.2) is 12.8 Å². The lowest BCUT2D eigenvalue weighted by molar-refractivity contribution is -0.115. The van der Waals surface area contributed by atoms with Crippen LogP contribution < -0.4 is 10.1 Å². The number of sulfone groups is 1. The van der Waals surface area contributed by atoms with Crippen molar-refractivity contribution in [3.05, 3.63) is 59.5 Å². The van der Waals surface area contributed by atoms with E-state index in [1.807, 2.05) is 0 Å². The van der Waals surface area contributed by atoms with E-state index in [1.165, 1.54) is 37.4 Å². The summed E-state index contributed by atoms with van der Waals surface area (Å²) in [5, 5.41) is 6.41. The van der Waals surface area contributed by atoms with Gasteiger partial charge in [0.15, 0.2) is 15.6 Å². The van der Waals surface area contributed by atoms with Gasteiger partial charge in [0.25, 0.3) is 0 Å². The number of aromatic nitrogens is 1. The van der Waals surface area contributed by atoms with Gasteiger partial charge in [0.1, 0.15) is 16.5 Å². The number of halogens is 1. The van der Waals surface area contributed by atoms with Crippen molar-refractivity contribution in [1.29, 1.82) is 0 Å². The molecule has 158 valence electrons. The molecular formula is C21H21FN2O5S. The Morgan fingerprint density at radius 1 is 1.17 bits per heavy atom. The number of carbonyl (C=O) groups is 1. The lowest BCUT2D eigenvalue weighted by Gasteiger charge is -2.12. The van der Waals surface area contributed by atoms with Gasteiger partial charge in [0.2, 0.25) is 5.91 Å². The van der Waals surface area contributed by atoms with Crippen molar-refractivity contribution >= 4 is 21.4 Å². The summed E-state index contributed by atoms with van der Waals surface area (Å²) in [6.45, 7) is 3.41. The van der Waals surface area contributed by atoms with Gasteiger partial charge in [0, 0.05) is 23.7 Å². The monoisotopic (exact) mass is 432 g/mol. The summed E-state index contributed by atoms with van der Waals surface area (Å²) in [6.07, 6.45) is -0.270. The molecule has 2 aromatic carbocycles. The molecule has 0 aliphatic carbocycles. The summed E-state index contributed by atoms with van der Waals surface area (Å²) in [5.41, 5.74) is 2.17. The molecule has 7 nitrogen and oxygen atoms in total. The largest absolute Gasteiger partial charge is 0.495 e. The number of rotatable bonds is 7. The van der Waals surface area contributed by atoms with Crippen molar-refractivity contribution in [1.82, 2.24) is 5.16 Å². The molecule has 0 spiro atoms. The summed E-state index contributed by atoms with van der Waals surface area (Å²) in [6, 6.07) is 10.3. The first-order valence-corrected chi connectivity index (χ1v) is 10.8. The summed E-state index contributed by atoms with van der Waals surface area (Å²) in [7, 11) is -2.47. The highest BCUT2D eigenvalue weighted by Gasteiger charge is 2.23. The van der Waals surface area contributed by atoms with Crippen molar-refractivity contribution in [2.75, 3.05) is 18.2 Å². The Morgan fingerprint density at radius 2 is 1.93 bits per heavy atom. The molecule has 9 heteroatoms. The van der Waals surface area contributed by atoms with Gasteiger partial charge in [0.05, 0.1) is 18.6 Å². The summed E-state index contributed by atoms with van der Waals surface area (Å²) >= 11 is 0. The maximum atomic E-state index is 13.2. The molecule has 30 heavy (non-hydrogen) atoms. The molecule has 0 aliphatic heterocycles. The summed E-state index contributed by atoms with van der Waals surface area (Å²) in [5.74, 6) is -0.730. The van der Waals surface area contributed by atoms with Crippen molar-refractivity contribution < 1.29 is 26.9 Å². The first-order chi connectivity index (χ1) is 14.2. The number of anilines is 1. The van der Waals surface area contributed by atoms with Crippen LogP contribution in [0, 0.1) is 19.7 Å². The quantitative estimate of drug-likeness (QED) is 0.608. The average molecular weight is 432 g/mol. The Hall–Kier alpha value is -3.20. The molecule has 0 bridgehead atoms. The summed E-state index contributed by atoms with van der Waals surface area (Å²) < 4.78 is 49.4. The lowest BCUT2D eigenvalue weighted by atomic mass is 10.1. The van der Waals surface area contributed by atoms with Crippen LogP contribution in [0.5, 0.6) is 5.75 Å². The molecule has 0 unspecified atom stereocenters. The first kappa shape index (κ1) is 21.5. The predicted molar refractivity (Wildman–Crippen MR) is 110 cm³/mol. The average Bonchev–Trinajstić information content (AvgIpc) is 3.14. The zero-order valence-corrected chi connectivity index (χ0v) is 17.5. The number of methoxy groups -OCH3 is 1. The fourth-order valence-electron chi connectivity index (χ4n) is 2.89. The number of aryl methyl sites for hydroxylation is 2. The van der Waals surface area contributed by atoms with Crippen LogP contribution in [0.2, 0.25) is 0 Å². The molecule has 3 aromatic rings. The van der Waals surface area contributed by atoms with Crippen LogP contribution in [-0.2, 0) is 14.6 Å². The second-order valence-corrected chi connectivity index (χ2v) is 8.85. The van der Waals surface area contributed by atoms with Gasteiger partial charge >= 0.3 is 0 Å². The molecule has 0 aliphatic rings. The second kappa shape index (κ2) is 8.66. The van der Waals surface area contributed by atoms with E-state index in [1.54, 1.807) is 26.0 Å². The van der Waals surface area contributed by atoms with E-state index in [0.717, 1.165) is 0 Å². The van der Waals surface area contributed by atoms with Crippen molar-refractivity contribution in [3.8, 4) is 17.1 Å². The number of ether oxygens (including phenoxy) is 1. The van der Waals surface area contributed by atoms with Gasteiger partial charge in [-0.15, -0.1) is 0 Å². The van der Waals surface area contributed by atoms with Gasteiger partial charge in [-0.1, -0.05) is 5.16 Å². The van der Waals surface area contributed by atoms with E-state index in [-0.39, 0.29) is 17.1 Å². The minimum absolute atomic E-state index is 0.0395. The Bertz CT molecular complexity index is 1190. The molecule has 0 atom stereocenters. The molecule has 0 radical (unpaired) electrons. The van der Waals surface area contributed by atoms with E-state index < -0.39 is 27.3 Å². The standard InChI is InChI=1S/C21H21FN2O5S/c1-13-10-16(22)5-6-17(13)23-21(25)8-9-30(26,27)20-12-15(4-7-18(20)28-3)19-11-14(2)24-29-19/h4-7,10-12H,8-9H2,1-3H3,(H,23,25). The van der Waals surface area contributed by atoms with Crippen LogP contribution in [0.15, 0.2) is 51.9 Å². The predicted octanol–water partition coefficient (Wildman–Crippen LogP) is 3.91. The fourth-order valence-corrected chi connectivity index (χ4v) is 4.33. The normalized spacial score (nSPS) is 11.3. The maximum Gasteiger partial charge on any atom is 0.225 e. The topological polar surface area (TPSA) is 98.5 Å². The highest BCUT2D eigenvalue weighted by molar-refractivity contribution is 7.91. The van der Waals surface area contributed by atoms with E-state index in [2.05, 4.69) is 10.5 Å². The molecule has 0 saturated carbocycles. The van der Waals surface area contributed by atoms with Crippen molar-refractivity contribution in [3.63, 3.8) is 0 Å². The molecular weight excluding hydrogens is 411 g/mol. The number of benzene rings is 2. The van der Waals surface area contributed by atoms with Gasteiger partial charge in [-0.2, -0.15) is 0 Å². The van der Waals surface area contributed by atoms with Crippen LogP contribution >= 0.6 is 0 Å². The Balaban J connectivity index is 1.78.